The van der Waals surface area contributed by atoms with Gasteiger partial charge in [0.1, 0.15) is 12.4 Å². The van der Waals surface area contributed by atoms with Crippen LogP contribution in [0.3, 0.4) is 0 Å². The maximum absolute atomic E-state index is 5.78. The second-order valence-corrected chi connectivity index (χ2v) is 5.37. The van der Waals surface area contributed by atoms with E-state index in [9.17, 15) is 0 Å². The Morgan fingerprint density at radius 1 is 1.10 bits per heavy atom. The molecule has 0 radical (unpaired) electrons. The van der Waals surface area contributed by atoms with Gasteiger partial charge < -0.3 is 10.1 Å². The number of nitrogens with zero attached hydrogens (tertiary/aromatic N) is 1. The van der Waals surface area contributed by atoms with E-state index in [0.29, 0.717) is 6.61 Å². The average Bonchev–Trinajstić information content (AvgIpc) is 2.50. The Hall–Kier alpha value is -1.87. The molecule has 0 fully saturated rings. The molecule has 0 aliphatic heterocycles. The van der Waals surface area contributed by atoms with Crippen LogP contribution in [0.1, 0.15) is 35.7 Å². The van der Waals surface area contributed by atoms with Crippen molar-refractivity contribution >= 4 is 0 Å². The largest absolute Gasteiger partial charge is 0.487 e. The molecule has 1 N–H and O–H groups in total. The minimum absolute atomic E-state index is 0.580. The average molecular weight is 284 g/mol. The van der Waals surface area contributed by atoms with Crippen molar-refractivity contribution in [1.29, 1.82) is 0 Å². The lowest BCUT2D eigenvalue weighted by atomic mass is 10.1. The van der Waals surface area contributed by atoms with Gasteiger partial charge in [0.2, 0.25) is 0 Å². The second-order valence-electron chi connectivity index (χ2n) is 5.37. The molecule has 0 spiro atoms. The van der Waals surface area contributed by atoms with Crippen LogP contribution in [-0.2, 0) is 13.2 Å². The highest BCUT2D eigenvalue weighted by atomic mass is 16.5. The summed E-state index contributed by atoms with van der Waals surface area (Å²) in [5.41, 5.74) is 4.84. The fraction of sp³-hybridized carbons (Fsp3) is 0.389. The molecular formula is C18H24N2O. The molecule has 0 atom stereocenters. The minimum atomic E-state index is 0.580. The molecule has 0 unspecified atom stereocenters. The molecular weight excluding hydrogens is 260 g/mol. The molecule has 0 bridgehead atoms. The Morgan fingerprint density at radius 3 is 2.62 bits per heavy atom. The van der Waals surface area contributed by atoms with Crippen molar-refractivity contribution in [3.63, 3.8) is 0 Å². The van der Waals surface area contributed by atoms with Gasteiger partial charge in [0.25, 0.3) is 0 Å². The number of ether oxygens (including phenoxy) is 1. The third-order valence-electron chi connectivity index (χ3n) is 3.51. The zero-order valence-electron chi connectivity index (χ0n) is 13.1. The van der Waals surface area contributed by atoms with E-state index < -0.39 is 0 Å². The zero-order chi connectivity index (χ0) is 15.1. The molecule has 112 valence electrons. The van der Waals surface area contributed by atoms with Crippen molar-refractivity contribution < 1.29 is 4.74 Å². The second kappa shape index (κ2) is 7.79. The van der Waals surface area contributed by atoms with Crippen molar-refractivity contribution in [3.8, 4) is 5.75 Å². The first-order valence-electron chi connectivity index (χ1n) is 7.53. The van der Waals surface area contributed by atoms with Gasteiger partial charge >= 0.3 is 0 Å². The lowest BCUT2D eigenvalue weighted by molar-refractivity contribution is 0.304. The summed E-state index contributed by atoms with van der Waals surface area (Å²) >= 11 is 0. The van der Waals surface area contributed by atoms with Gasteiger partial charge in [-0.15, -0.1) is 0 Å². The predicted octanol–water partition coefficient (Wildman–Crippen LogP) is 3.78. The summed E-state index contributed by atoms with van der Waals surface area (Å²) in [6, 6.07) is 10.4. The van der Waals surface area contributed by atoms with Crippen LogP contribution < -0.4 is 10.1 Å². The highest BCUT2D eigenvalue weighted by molar-refractivity contribution is 5.30. The molecule has 3 heteroatoms. The van der Waals surface area contributed by atoms with Crippen molar-refractivity contribution in [2.45, 2.75) is 40.3 Å². The molecule has 1 heterocycles. The standard InChI is InChI=1S/C18H24N2O/c1-4-9-19-11-17-7-8-18(12-20-17)21-13-16-6-5-14(2)15(3)10-16/h5-8,10,12,19H,4,9,11,13H2,1-3H3. The number of benzene rings is 1. The van der Waals surface area contributed by atoms with E-state index in [1.807, 2.05) is 12.1 Å². The van der Waals surface area contributed by atoms with Crippen LogP contribution in [0.15, 0.2) is 36.5 Å². The van der Waals surface area contributed by atoms with Gasteiger partial charge in [0.05, 0.1) is 11.9 Å². The maximum atomic E-state index is 5.78. The van der Waals surface area contributed by atoms with Crippen LogP contribution in [0.25, 0.3) is 0 Å². The first-order chi connectivity index (χ1) is 10.2. The first kappa shape index (κ1) is 15.5. The van der Waals surface area contributed by atoms with Gasteiger partial charge in [0, 0.05) is 6.54 Å². The Labute approximate surface area is 127 Å². The number of pyridine rings is 1. The molecule has 0 saturated heterocycles. The minimum Gasteiger partial charge on any atom is -0.487 e. The highest BCUT2D eigenvalue weighted by Gasteiger charge is 2.00. The van der Waals surface area contributed by atoms with Crippen molar-refractivity contribution in [1.82, 2.24) is 10.3 Å². The Kier molecular flexibility index (Phi) is 5.76. The molecule has 0 amide bonds. The van der Waals surface area contributed by atoms with Crippen LogP contribution in [0, 0.1) is 13.8 Å². The summed E-state index contributed by atoms with van der Waals surface area (Å²) in [4.78, 5) is 4.41. The first-order valence-corrected chi connectivity index (χ1v) is 7.53. The van der Waals surface area contributed by atoms with E-state index in [4.69, 9.17) is 4.74 Å². The van der Waals surface area contributed by atoms with Crippen molar-refractivity contribution in [2.24, 2.45) is 0 Å². The number of rotatable bonds is 7. The van der Waals surface area contributed by atoms with Gasteiger partial charge in [-0.2, -0.15) is 0 Å². The van der Waals surface area contributed by atoms with Gasteiger partial charge in [-0.3, -0.25) is 4.98 Å². The number of hydrogen-bond acceptors (Lipinski definition) is 3. The van der Waals surface area contributed by atoms with Gasteiger partial charge in [0.15, 0.2) is 0 Å². The van der Waals surface area contributed by atoms with Crippen molar-refractivity contribution in [2.75, 3.05) is 6.54 Å². The summed E-state index contributed by atoms with van der Waals surface area (Å²) in [6.45, 7) is 8.81. The van der Waals surface area contributed by atoms with Crippen LogP contribution in [0.5, 0.6) is 5.75 Å². The lowest BCUT2D eigenvalue weighted by Gasteiger charge is -2.09. The van der Waals surface area contributed by atoms with E-state index in [0.717, 1.165) is 31.0 Å². The van der Waals surface area contributed by atoms with Gasteiger partial charge in [-0.25, -0.2) is 0 Å². The van der Waals surface area contributed by atoms with Crippen LogP contribution >= 0.6 is 0 Å². The summed E-state index contributed by atoms with van der Waals surface area (Å²) in [6.07, 6.45) is 2.93. The molecule has 2 rings (SSSR count). The van der Waals surface area contributed by atoms with E-state index in [2.05, 4.69) is 49.3 Å². The van der Waals surface area contributed by atoms with E-state index >= 15 is 0 Å². The van der Waals surface area contributed by atoms with Crippen LogP contribution in [0.2, 0.25) is 0 Å². The fourth-order valence-corrected chi connectivity index (χ4v) is 2.05. The zero-order valence-corrected chi connectivity index (χ0v) is 13.1. The summed E-state index contributed by atoms with van der Waals surface area (Å²) in [7, 11) is 0. The summed E-state index contributed by atoms with van der Waals surface area (Å²) in [5.74, 6) is 0.812. The fourth-order valence-electron chi connectivity index (χ4n) is 2.05. The van der Waals surface area contributed by atoms with Gasteiger partial charge in [-0.1, -0.05) is 25.1 Å². The molecule has 2 aromatic rings. The third kappa shape index (κ3) is 4.87. The number of hydrogen-bond donors (Lipinski definition) is 1. The topological polar surface area (TPSA) is 34.1 Å². The molecule has 0 saturated carbocycles. The van der Waals surface area contributed by atoms with E-state index in [1.165, 1.54) is 16.7 Å². The maximum Gasteiger partial charge on any atom is 0.138 e. The van der Waals surface area contributed by atoms with Crippen LogP contribution in [-0.4, -0.2) is 11.5 Å². The number of aryl methyl sites for hydroxylation is 2. The summed E-state index contributed by atoms with van der Waals surface area (Å²) in [5, 5.41) is 3.34. The molecule has 21 heavy (non-hydrogen) atoms. The SMILES string of the molecule is CCCNCc1ccc(OCc2ccc(C)c(C)c2)cn1. The molecule has 3 nitrogen and oxygen atoms in total. The number of nitrogens with one attached hydrogen (secondary N) is 1. The van der Waals surface area contributed by atoms with Gasteiger partial charge in [-0.05, 0) is 55.6 Å². The Balaban J connectivity index is 1.86. The normalized spacial score (nSPS) is 10.6. The smallest absolute Gasteiger partial charge is 0.138 e. The van der Waals surface area contributed by atoms with Crippen LogP contribution in [0.4, 0.5) is 0 Å². The molecule has 0 aliphatic rings. The van der Waals surface area contributed by atoms with Crippen molar-refractivity contribution in [3.05, 3.63) is 58.9 Å². The molecule has 0 aliphatic carbocycles. The van der Waals surface area contributed by atoms with E-state index in [1.54, 1.807) is 6.20 Å². The Morgan fingerprint density at radius 2 is 1.95 bits per heavy atom. The van der Waals surface area contributed by atoms with E-state index in [-0.39, 0.29) is 0 Å². The molecule has 1 aromatic carbocycles. The monoisotopic (exact) mass is 284 g/mol. The summed E-state index contributed by atoms with van der Waals surface area (Å²) < 4.78 is 5.78. The quantitative estimate of drug-likeness (QED) is 0.786. The number of aromatic nitrogens is 1. The third-order valence-corrected chi connectivity index (χ3v) is 3.51. The Bertz CT molecular complexity index is 564. The lowest BCUT2D eigenvalue weighted by Crippen LogP contribution is -2.14. The predicted molar refractivity (Wildman–Crippen MR) is 86.5 cm³/mol. The molecule has 1 aromatic heterocycles. The highest BCUT2D eigenvalue weighted by Crippen LogP contribution is 2.14.